The Morgan fingerprint density at radius 1 is 1.35 bits per heavy atom. The molecule has 0 spiro atoms. The molecule has 0 saturated carbocycles. The Morgan fingerprint density at radius 2 is 1.95 bits per heavy atom. The summed E-state index contributed by atoms with van der Waals surface area (Å²) in [5, 5.41) is 2.59. The predicted octanol–water partition coefficient (Wildman–Crippen LogP) is 0.197. The van der Waals surface area contributed by atoms with E-state index in [2.05, 4.69) is 5.32 Å². The third-order valence-electron chi connectivity index (χ3n) is 2.76. The molecule has 1 aromatic rings. The minimum atomic E-state index is -4.02. The molecule has 112 valence electrons. The minimum Gasteiger partial charge on any atom is -0.354 e. The van der Waals surface area contributed by atoms with E-state index in [1.807, 2.05) is 30.3 Å². The molecular formula is C13H20N2O4S. The topological polar surface area (TPSA) is 109 Å². The first-order valence-corrected chi connectivity index (χ1v) is 7.91. The SMILES string of the molecule is CC(CNC(=O)[C@@H](N)Cc1ccccc1)CS(=O)(=O)O. The van der Waals surface area contributed by atoms with Crippen molar-refractivity contribution >= 4 is 16.0 Å². The van der Waals surface area contributed by atoms with E-state index in [4.69, 9.17) is 10.3 Å². The summed E-state index contributed by atoms with van der Waals surface area (Å²) in [5.41, 5.74) is 6.74. The zero-order valence-electron chi connectivity index (χ0n) is 11.3. The number of benzene rings is 1. The molecule has 0 radical (unpaired) electrons. The van der Waals surface area contributed by atoms with Crippen LogP contribution in [0.3, 0.4) is 0 Å². The monoisotopic (exact) mass is 300 g/mol. The first-order chi connectivity index (χ1) is 9.28. The van der Waals surface area contributed by atoms with Crippen molar-refractivity contribution in [2.24, 2.45) is 11.7 Å². The molecule has 4 N–H and O–H groups in total. The standard InChI is InChI=1S/C13H20N2O4S/c1-10(9-20(17,18)19)8-15-13(16)12(14)7-11-5-3-2-4-6-11/h2-6,10,12H,7-9,14H2,1H3,(H,15,16)(H,17,18,19)/t10?,12-/m0/s1. The second-order valence-corrected chi connectivity index (χ2v) is 6.39. The van der Waals surface area contributed by atoms with Crippen molar-refractivity contribution in [3.8, 4) is 0 Å². The lowest BCUT2D eigenvalue weighted by atomic mass is 10.1. The van der Waals surface area contributed by atoms with Crippen molar-refractivity contribution in [2.75, 3.05) is 12.3 Å². The molecule has 0 aliphatic carbocycles. The highest BCUT2D eigenvalue weighted by atomic mass is 32.2. The number of hydrogen-bond donors (Lipinski definition) is 3. The third kappa shape index (κ3) is 6.65. The van der Waals surface area contributed by atoms with E-state index in [0.717, 1.165) is 5.56 Å². The lowest BCUT2D eigenvalue weighted by Gasteiger charge is -2.15. The van der Waals surface area contributed by atoms with E-state index in [1.54, 1.807) is 6.92 Å². The van der Waals surface area contributed by atoms with Crippen molar-refractivity contribution in [2.45, 2.75) is 19.4 Å². The maximum absolute atomic E-state index is 11.8. The molecule has 1 amide bonds. The summed E-state index contributed by atoms with van der Waals surface area (Å²) in [5.74, 6) is -1.10. The number of amides is 1. The van der Waals surface area contributed by atoms with Crippen molar-refractivity contribution in [1.82, 2.24) is 5.32 Å². The number of carbonyl (C=O) groups excluding carboxylic acids is 1. The normalized spacial score (nSPS) is 14.6. The van der Waals surface area contributed by atoms with Gasteiger partial charge in [-0.3, -0.25) is 9.35 Å². The van der Waals surface area contributed by atoms with Crippen LogP contribution in [0.15, 0.2) is 30.3 Å². The van der Waals surface area contributed by atoms with E-state index in [0.29, 0.717) is 6.42 Å². The summed E-state index contributed by atoms with van der Waals surface area (Å²) < 4.78 is 30.1. The van der Waals surface area contributed by atoms with Gasteiger partial charge in [-0.2, -0.15) is 8.42 Å². The van der Waals surface area contributed by atoms with Crippen molar-refractivity contribution in [1.29, 1.82) is 0 Å². The Hall–Kier alpha value is -1.44. The highest BCUT2D eigenvalue weighted by molar-refractivity contribution is 7.85. The first kappa shape index (κ1) is 16.6. The maximum atomic E-state index is 11.8. The van der Waals surface area contributed by atoms with Gasteiger partial charge in [0.15, 0.2) is 0 Å². The number of carbonyl (C=O) groups is 1. The van der Waals surface area contributed by atoms with Gasteiger partial charge in [-0.15, -0.1) is 0 Å². The largest absolute Gasteiger partial charge is 0.354 e. The van der Waals surface area contributed by atoms with Crippen molar-refractivity contribution < 1.29 is 17.8 Å². The molecular weight excluding hydrogens is 280 g/mol. The molecule has 0 aliphatic rings. The molecule has 0 saturated heterocycles. The van der Waals surface area contributed by atoms with Gasteiger partial charge in [0.1, 0.15) is 0 Å². The molecule has 0 aromatic heterocycles. The molecule has 7 heteroatoms. The zero-order valence-corrected chi connectivity index (χ0v) is 12.1. The fourth-order valence-corrected chi connectivity index (χ4v) is 2.62. The van der Waals surface area contributed by atoms with Gasteiger partial charge in [0, 0.05) is 6.54 Å². The van der Waals surface area contributed by atoms with Crippen LogP contribution < -0.4 is 11.1 Å². The molecule has 1 unspecified atom stereocenters. The molecule has 6 nitrogen and oxygen atoms in total. The summed E-state index contributed by atoms with van der Waals surface area (Å²) in [6.45, 7) is 1.78. The third-order valence-corrected chi connectivity index (χ3v) is 3.75. The molecule has 0 bridgehead atoms. The van der Waals surface area contributed by atoms with Crippen molar-refractivity contribution in [3.63, 3.8) is 0 Å². The fraction of sp³-hybridized carbons (Fsp3) is 0.462. The van der Waals surface area contributed by atoms with Crippen LogP contribution in [0.2, 0.25) is 0 Å². The van der Waals surface area contributed by atoms with Crippen LogP contribution in [-0.2, 0) is 21.3 Å². The molecule has 20 heavy (non-hydrogen) atoms. The summed E-state index contributed by atoms with van der Waals surface area (Å²) in [4.78, 5) is 11.8. The van der Waals surface area contributed by atoms with Crippen LogP contribution in [0.1, 0.15) is 12.5 Å². The molecule has 0 aliphatic heterocycles. The predicted molar refractivity (Wildman–Crippen MR) is 76.7 cm³/mol. The van der Waals surface area contributed by atoms with Gasteiger partial charge >= 0.3 is 0 Å². The maximum Gasteiger partial charge on any atom is 0.265 e. The van der Waals surface area contributed by atoms with E-state index >= 15 is 0 Å². The Balaban J connectivity index is 2.39. The number of hydrogen-bond acceptors (Lipinski definition) is 4. The van der Waals surface area contributed by atoms with Crippen LogP contribution in [0.4, 0.5) is 0 Å². The Labute approximate surface area is 119 Å². The van der Waals surface area contributed by atoms with Crippen LogP contribution in [-0.4, -0.2) is 37.2 Å². The molecule has 0 heterocycles. The smallest absolute Gasteiger partial charge is 0.265 e. The highest BCUT2D eigenvalue weighted by Crippen LogP contribution is 2.02. The average Bonchev–Trinajstić information content (AvgIpc) is 2.35. The van der Waals surface area contributed by atoms with Gasteiger partial charge in [-0.05, 0) is 17.9 Å². The summed E-state index contributed by atoms with van der Waals surface area (Å²) >= 11 is 0. The number of nitrogens with two attached hydrogens (primary N) is 1. The van der Waals surface area contributed by atoms with Gasteiger partial charge in [0.2, 0.25) is 5.91 Å². The van der Waals surface area contributed by atoms with Gasteiger partial charge in [-0.25, -0.2) is 0 Å². The van der Waals surface area contributed by atoms with Gasteiger partial charge in [-0.1, -0.05) is 37.3 Å². The Kier molecular flexibility index (Phi) is 6.12. The fourth-order valence-electron chi connectivity index (χ4n) is 1.79. The van der Waals surface area contributed by atoms with Gasteiger partial charge < -0.3 is 11.1 Å². The van der Waals surface area contributed by atoms with Crippen molar-refractivity contribution in [3.05, 3.63) is 35.9 Å². The Bertz CT molecular complexity index is 531. The van der Waals surface area contributed by atoms with Crippen LogP contribution in [0.25, 0.3) is 0 Å². The Morgan fingerprint density at radius 3 is 2.50 bits per heavy atom. The van der Waals surface area contributed by atoms with E-state index in [-0.39, 0.29) is 24.1 Å². The number of nitrogens with one attached hydrogen (secondary N) is 1. The second kappa shape index (κ2) is 7.37. The summed E-state index contributed by atoms with van der Waals surface area (Å²) in [6.07, 6.45) is 0.416. The highest BCUT2D eigenvalue weighted by Gasteiger charge is 2.17. The second-order valence-electron chi connectivity index (χ2n) is 4.90. The quantitative estimate of drug-likeness (QED) is 0.623. The van der Waals surface area contributed by atoms with Gasteiger partial charge in [0.05, 0.1) is 11.8 Å². The first-order valence-electron chi connectivity index (χ1n) is 6.30. The summed E-state index contributed by atoms with van der Waals surface area (Å²) in [7, 11) is -4.02. The zero-order chi connectivity index (χ0) is 15.2. The van der Waals surface area contributed by atoms with Crippen LogP contribution in [0.5, 0.6) is 0 Å². The lowest BCUT2D eigenvalue weighted by Crippen LogP contribution is -2.44. The average molecular weight is 300 g/mol. The molecule has 2 atom stereocenters. The van der Waals surface area contributed by atoms with E-state index < -0.39 is 16.2 Å². The number of rotatable bonds is 7. The summed E-state index contributed by atoms with van der Waals surface area (Å²) in [6, 6.07) is 8.70. The molecule has 1 rings (SSSR count). The van der Waals surface area contributed by atoms with E-state index in [1.165, 1.54) is 0 Å². The minimum absolute atomic E-state index is 0.154. The van der Waals surface area contributed by atoms with Crippen LogP contribution >= 0.6 is 0 Å². The van der Waals surface area contributed by atoms with Crippen LogP contribution in [0, 0.1) is 5.92 Å². The molecule has 0 fully saturated rings. The van der Waals surface area contributed by atoms with E-state index in [9.17, 15) is 13.2 Å². The van der Waals surface area contributed by atoms with Gasteiger partial charge in [0.25, 0.3) is 10.1 Å². The molecule has 1 aromatic carbocycles. The lowest BCUT2D eigenvalue weighted by molar-refractivity contribution is -0.122.